The van der Waals surface area contributed by atoms with Crippen molar-refractivity contribution in [2.24, 2.45) is 5.73 Å². The Morgan fingerprint density at radius 2 is 1.70 bits per heavy atom. The van der Waals surface area contributed by atoms with Crippen LogP contribution in [0.3, 0.4) is 0 Å². The molecule has 0 heterocycles. The number of hydrogen-bond acceptors (Lipinski definition) is 1. The summed E-state index contributed by atoms with van der Waals surface area (Å²) in [5, 5.41) is 0. The average molecular weight is 135 g/mol. The zero-order valence-corrected chi connectivity index (χ0v) is 6.52. The second kappa shape index (κ2) is 2.84. The fraction of sp³-hybridized carbons (Fsp3) is 0.333. The van der Waals surface area contributed by atoms with Crippen LogP contribution in [0.2, 0.25) is 0 Å². The quantitative estimate of drug-likeness (QED) is 0.624. The predicted molar refractivity (Wildman–Crippen MR) is 43.8 cm³/mol. The molecule has 10 heavy (non-hydrogen) atoms. The molecule has 54 valence electrons. The van der Waals surface area contributed by atoms with Crippen molar-refractivity contribution in [3.05, 3.63) is 34.9 Å². The van der Waals surface area contributed by atoms with E-state index >= 15 is 0 Å². The molecule has 0 saturated carbocycles. The summed E-state index contributed by atoms with van der Waals surface area (Å²) in [4.78, 5) is 0. The fourth-order valence-electron chi connectivity index (χ4n) is 1.17. The van der Waals surface area contributed by atoms with Crippen molar-refractivity contribution in [1.29, 1.82) is 0 Å². The Bertz CT molecular complexity index is 208. The standard InChI is InChI=1S/C9H13N/c1-7-4-3-5-8(2)9(7)6-10/h3-5H,6,10H2,1-2H3. The van der Waals surface area contributed by atoms with Gasteiger partial charge in [0.1, 0.15) is 0 Å². The van der Waals surface area contributed by atoms with Crippen molar-refractivity contribution in [2.45, 2.75) is 20.4 Å². The molecule has 0 spiro atoms. The molecule has 0 bridgehead atoms. The van der Waals surface area contributed by atoms with Crippen LogP contribution in [0, 0.1) is 13.8 Å². The molecule has 2 N–H and O–H groups in total. The van der Waals surface area contributed by atoms with Gasteiger partial charge in [0.15, 0.2) is 0 Å². The van der Waals surface area contributed by atoms with Gasteiger partial charge in [0.05, 0.1) is 0 Å². The molecule has 1 nitrogen and oxygen atoms in total. The van der Waals surface area contributed by atoms with Gasteiger partial charge in [-0.3, -0.25) is 0 Å². The van der Waals surface area contributed by atoms with E-state index in [1.54, 1.807) is 0 Å². The zero-order chi connectivity index (χ0) is 7.56. The molecule has 0 amide bonds. The molecule has 1 aromatic carbocycles. The minimum Gasteiger partial charge on any atom is -0.326 e. The van der Waals surface area contributed by atoms with E-state index in [2.05, 4.69) is 32.0 Å². The van der Waals surface area contributed by atoms with E-state index in [1.807, 2.05) is 0 Å². The lowest BCUT2D eigenvalue weighted by molar-refractivity contribution is 1.03. The van der Waals surface area contributed by atoms with Gasteiger partial charge in [0, 0.05) is 6.54 Å². The highest BCUT2D eigenvalue weighted by Crippen LogP contribution is 2.11. The molecule has 0 unspecified atom stereocenters. The average Bonchev–Trinajstić information content (AvgIpc) is 1.88. The third-order valence-corrected chi connectivity index (χ3v) is 1.85. The lowest BCUT2D eigenvalue weighted by Gasteiger charge is -2.04. The molecule has 1 aromatic rings. The first-order chi connectivity index (χ1) is 4.75. The molecule has 0 aliphatic carbocycles. The predicted octanol–water partition coefficient (Wildman–Crippen LogP) is 1.76. The number of nitrogens with two attached hydrogens (primary N) is 1. The Morgan fingerprint density at radius 3 is 2.00 bits per heavy atom. The van der Waals surface area contributed by atoms with Gasteiger partial charge in [0.2, 0.25) is 0 Å². The first-order valence-electron chi connectivity index (χ1n) is 3.51. The molecule has 0 aliphatic rings. The lowest BCUT2D eigenvalue weighted by Crippen LogP contribution is -2.01. The van der Waals surface area contributed by atoms with Crippen molar-refractivity contribution in [2.75, 3.05) is 0 Å². The Kier molecular flexibility index (Phi) is 2.07. The molecule has 0 saturated heterocycles. The summed E-state index contributed by atoms with van der Waals surface area (Å²) in [7, 11) is 0. The summed E-state index contributed by atoms with van der Waals surface area (Å²) >= 11 is 0. The van der Waals surface area contributed by atoms with Crippen molar-refractivity contribution in [3.8, 4) is 0 Å². The van der Waals surface area contributed by atoms with Crippen LogP contribution in [0.25, 0.3) is 0 Å². The molecule has 0 atom stereocenters. The lowest BCUT2D eigenvalue weighted by atomic mass is 10.0. The molecule has 0 aromatic heterocycles. The van der Waals surface area contributed by atoms with E-state index in [1.165, 1.54) is 16.7 Å². The Labute approximate surface area is 61.9 Å². The SMILES string of the molecule is Cc1cccc(C)c1CN. The van der Waals surface area contributed by atoms with Crippen LogP contribution in [-0.2, 0) is 6.54 Å². The summed E-state index contributed by atoms with van der Waals surface area (Å²) in [6, 6.07) is 6.24. The summed E-state index contributed by atoms with van der Waals surface area (Å²) in [6.07, 6.45) is 0. The molecule has 0 aliphatic heterocycles. The second-order valence-corrected chi connectivity index (χ2v) is 2.57. The van der Waals surface area contributed by atoms with E-state index < -0.39 is 0 Å². The Balaban J connectivity index is 3.17. The molecule has 0 fully saturated rings. The van der Waals surface area contributed by atoms with Crippen molar-refractivity contribution >= 4 is 0 Å². The number of rotatable bonds is 1. The van der Waals surface area contributed by atoms with E-state index in [4.69, 9.17) is 5.73 Å². The monoisotopic (exact) mass is 135 g/mol. The molecule has 0 radical (unpaired) electrons. The maximum atomic E-state index is 5.55. The normalized spacial score (nSPS) is 9.90. The van der Waals surface area contributed by atoms with Crippen LogP contribution < -0.4 is 5.73 Å². The van der Waals surface area contributed by atoms with Crippen molar-refractivity contribution in [3.63, 3.8) is 0 Å². The van der Waals surface area contributed by atoms with E-state index in [9.17, 15) is 0 Å². The van der Waals surface area contributed by atoms with Gasteiger partial charge < -0.3 is 5.73 Å². The highest BCUT2D eigenvalue weighted by Gasteiger charge is 1.96. The van der Waals surface area contributed by atoms with Gasteiger partial charge in [-0.25, -0.2) is 0 Å². The van der Waals surface area contributed by atoms with Crippen LogP contribution in [0.5, 0.6) is 0 Å². The second-order valence-electron chi connectivity index (χ2n) is 2.57. The molecular formula is C9H13N. The van der Waals surface area contributed by atoms with Crippen LogP contribution >= 0.6 is 0 Å². The van der Waals surface area contributed by atoms with Gasteiger partial charge in [0.25, 0.3) is 0 Å². The molecular weight excluding hydrogens is 122 g/mol. The first-order valence-corrected chi connectivity index (χ1v) is 3.51. The zero-order valence-electron chi connectivity index (χ0n) is 6.52. The summed E-state index contributed by atoms with van der Waals surface area (Å²) in [5.41, 5.74) is 9.42. The van der Waals surface area contributed by atoms with Crippen LogP contribution in [0.1, 0.15) is 16.7 Å². The Hall–Kier alpha value is -0.820. The maximum absolute atomic E-state index is 5.55. The number of aryl methyl sites for hydroxylation is 2. The topological polar surface area (TPSA) is 26.0 Å². The highest BCUT2D eigenvalue weighted by molar-refractivity contribution is 5.32. The summed E-state index contributed by atoms with van der Waals surface area (Å²) in [6.45, 7) is 4.84. The molecule has 1 heteroatoms. The smallest absolute Gasteiger partial charge is 0.0183 e. The largest absolute Gasteiger partial charge is 0.326 e. The fourth-order valence-corrected chi connectivity index (χ4v) is 1.17. The van der Waals surface area contributed by atoms with Gasteiger partial charge in [-0.15, -0.1) is 0 Å². The van der Waals surface area contributed by atoms with Gasteiger partial charge in [-0.2, -0.15) is 0 Å². The molecule has 1 rings (SSSR count). The minimum atomic E-state index is 0.651. The number of benzene rings is 1. The summed E-state index contributed by atoms with van der Waals surface area (Å²) < 4.78 is 0. The third-order valence-electron chi connectivity index (χ3n) is 1.85. The van der Waals surface area contributed by atoms with Gasteiger partial charge >= 0.3 is 0 Å². The maximum Gasteiger partial charge on any atom is 0.0183 e. The Morgan fingerprint density at radius 1 is 1.20 bits per heavy atom. The van der Waals surface area contributed by atoms with Gasteiger partial charge in [-0.05, 0) is 30.5 Å². The van der Waals surface area contributed by atoms with Crippen molar-refractivity contribution < 1.29 is 0 Å². The number of hydrogen-bond donors (Lipinski definition) is 1. The summed E-state index contributed by atoms with van der Waals surface area (Å²) in [5.74, 6) is 0. The highest BCUT2D eigenvalue weighted by atomic mass is 14.5. The van der Waals surface area contributed by atoms with Crippen LogP contribution in [0.15, 0.2) is 18.2 Å². The van der Waals surface area contributed by atoms with E-state index in [-0.39, 0.29) is 0 Å². The van der Waals surface area contributed by atoms with E-state index in [0.29, 0.717) is 6.54 Å². The van der Waals surface area contributed by atoms with Crippen molar-refractivity contribution in [1.82, 2.24) is 0 Å². The van der Waals surface area contributed by atoms with Crippen LogP contribution in [0.4, 0.5) is 0 Å². The minimum absolute atomic E-state index is 0.651. The first kappa shape index (κ1) is 7.29. The van der Waals surface area contributed by atoms with Crippen LogP contribution in [-0.4, -0.2) is 0 Å². The third kappa shape index (κ3) is 1.19. The van der Waals surface area contributed by atoms with Gasteiger partial charge in [-0.1, -0.05) is 18.2 Å². The van der Waals surface area contributed by atoms with E-state index in [0.717, 1.165) is 0 Å².